The second-order valence-electron chi connectivity index (χ2n) is 4.77. The Morgan fingerprint density at radius 3 is 2.47 bits per heavy atom. The molecule has 0 radical (unpaired) electrons. The van der Waals surface area contributed by atoms with Gasteiger partial charge in [0.2, 0.25) is 0 Å². The molecule has 0 spiro atoms. The van der Waals surface area contributed by atoms with Crippen LogP contribution in [0.25, 0.3) is 0 Å². The van der Waals surface area contributed by atoms with E-state index >= 15 is 0 Å². The monoisotopic (exact) mass is 323 g/mol. The molecule has 2 N–H and O–H groups in total. The molecule has 3 nitrogen and oxygen atoms in total. The van der Waals surface area contributed by atoms with Gasteiger partial charge in [-0.2, -0.15) is 0 Å². The minimum absolute atomic E-state index is 0.102. The molecule has 0 saturated carbocycles. The van der Waals surface area contributed by atoms with Crippen LogP contribution < -0.4 is 5.73 Å². The summed E-state index contributed by atoms with van der Waals surface area (Å²) in [6, 6.07) is 4.17. The smallest absolute Gasteiger partial charge is 0.156 e. The first-order valence-corrected chi connectivity index (χ1v) is 7.64. The van der Waals surface area contributed by atoms with Crippen LogP contribution in [-0.2, 0) is 15.6 Å². The van der Waals surface area contributed by atoms with Crippen molar-refractivity contribution in [2.75, 3.05) is 5.75 Å². The van der Waals surface area contributed by atoms with Gasteiger partial charge in [-0.15, -0.1) is 0 Å². The SMILES string of the molecule is CC(C)(N)CS(=O)(=O)Cc1ccc(F)c(Br)c1. The second-order valence-corrected chi connectivity index (χ2v) is 7.69. The molecular weight excluding hydrogens is 309 g/mol. The molecule has 0 unspecified atom stereocenters. The standard InChI is InChI=1S/C11H15BrFNO2S/c1-11(2,14)7-17(15,16)6-8-3-4-10(13)9(12)5-8/h3-5H,6-7,14H2,1-2H3. The van der Waals surface area contributed by atoms with Gasteiger partial charge in [-0.3, -0.25) is 0 Å². The Labute approximate surface area is 109 Å². The van der Waals surface area contributed by atoms with Crippen LogP contribution in [0.5, 0.6) is 0 Å². The van der Waals surface area contributed by atoms with Crippen molar-refractivity contribution in [1.29, 1.82) is 0 Å². The van der Waals surface area contributed by atoms with E-state index in [-0.39, 0.29) is 16.0 Å². The van der Waals surface area contributed by atoms with Gasteiger partial charge in [0.05, 0.1) is 16.0 Å². The largest absolute Gasteiger partial charge is 0.325 e. The van der Waals surface area contributed by atoms with Crippen molar-refractivity contribution in [3.05, 3.63) is 34.1 Å². The minimum Gasteiger partial charge on any atom is -0.325 e. The van der Waals surface area contributed by atoms with Crippen molar-refractivity contribution in [3.63, 3.8) is 0 Å². The fourth-order valence-electron chi connectivity index (χ4n) is 1.50. The summed E-state index contributed by atoms with van der Waals surface area (Å²) in [5, 5.41) is 0. The van der Waals surface area contributed by atoms with Crippen LogP contribution in [0.1, 0.15) is 19.4 Å². The lowest BCUT2D eigenvalue weighted by atomic mass is 10.1. The fraction of sp³-hybridized carbons (Fsp3) is 0.455. The van der Waals surface area contributed by atoms with Gasteiger partial charge in [0.1, 0.15) is 5.82 Å². The average Bonchev–Trinajstić information content (AvgIpc) is 2.06. The van der Waals surface area contributed by atoms with E-state index in [9.17, 15) is 12.8 Å². The average molecular weight is 324 g/mol. The highest BCUT2D eigenvalue weighted by atomic mass is 79.9. The van der Waals surface area contributed by atoms with E-state index in [0.717, 1.165) is 0 Å². The fourth-order valence-corrected chi connectivity index (χ4v) is 3.85. The van der Waals surface area contributed by atoms with E-state index in [0.29, 0.717) is 5.56 Å². The van der Waals surface area contributed by atoms with E-state index in [1.54, 1.807) is 13.8 Å². The molecular formula is C11H15BrFNO2S. The van der Waals surface area contributed by atoms with Crippen molar-refractivity contribution in [1.82, 2.24) is 0 Å². The van der Waals surface area contributed by atoms with Gasteiger partial charge >= 0.3 is 0 Å². The third-order valence-corrected chi connectivity index (χ3v) is 4.53. The van der Waals surface area contributed by atoms with E-state index in [1.165, 1.54) is 18.2 Å². The molecule has 1 aromatic rings. The van der Waals surface area contributed by atoms with Crippen molar-refractivity contribution in [3.8, 4) is 0 Å². The first-order chi connectivity index (χ1) is 7.59. The maximum Gasteiger partial charge on any atom is 0.156 e. The Hall–Kier alpha value is -0.460. The van der Waals surface area contributed by atoms with Gasteiger partial charge in [-0.05, 0) is 47.5 Å². The summed E-state index contributed by atoms with van der Waals surface area (Å²) in [4.78, 5) is 0. The highest BCUT2D eigenvalue weighted by Crippen LogP contribution is 2.19. The lowest BCUT2D eigenvalue weighted by molar-refractivity contribution is 0.543. The summed E-state index contributed by atoms with van der Waals surface area (Å²) in [7, 11) is -3.29. The molecule has 0 aliphatic rings. The van der Waals surface area contributed by atoms with Crippen LogP contribution >= 0.6 is 15.9 Å². The molecule has 0 fully saturated rings. The van der Waals surface area contributed by atoms with Crippen molar-refractivity contribution in [2.45, 2.75) is 25.1 Å². The highest BCUT2D eigenvalue weighted by Gasteiger charge is 2.22. The molecule has 0 heterocycles. The first-order valence-electron chi connectivity index (χ1n) is 5.02. The third kappa shape index (κ3) is 5.14. The normalized spacial score (nSPS) is 12.8. The molecule has 17 heavy (non-hydrogen) atoms. The molecule has 0 aliphatic heterocycles. The molecule has 0 bridgehead atoms. The van der Waals surface area contributed by atoms with E-state index in [4.69, 9.17) is 5.73 Å². The summed E-state index contributed by atoms with van der Waals surface area (Å²) in [5.74, 6) is -0.646. The Morgan fingerprint density at radius 2 is 2.00 bits per heavy atom. The van der Waals surface area contributed by atoms with Crippen molar-refractivity contribution < 1.29 is 12.8 Å². The molecule has 0 aliphatic carbocycles. The Morgan fingerprint density at radius 1 is 1.41 bits per heavy atom. The van der Waals surface area contributed by atoms with Crippen LogP contribution in [0, 0.1) is 5.82 Å². The van der Waals surface area contributed by atoms with Crippen LogP contribution in [0.15, 0.2) is 22.7 Å². The minimum atomic E-state index is -3.29. The zero-order valence-corrected chi connectivity index (χ0v) is 12.1. The summed E-state index contributed by atoms with van der Waals surface area (Å²) < 4.78 is 36.9. The highest BCUT2D eigenvalue weighted by molar-refractivity contribution is 9.10. The number of nitrogens with two attached hydrogens (primary N) is 1. The summed E-state index contributed by atoms with van der Waals surface area (Å²) in [5.41, 5.74) is 5.46. The second kappa shape index (κ2) is 5.04. The van der Waals surface area contributed by atoms with Gasteiger partial charge in [-0.1, -0.05) is 6.07 Å². The molecule has 0 amide bonds. The van der Waals surface area contributed by atoms with Crippen molar-refractivity contribution >= 4 is 25.8 Å². The molecule has 0 atom stereocenters. The number of sulfone groups is 1. The Kier molecular flexibility index (Phi) is 4.33. The molecule has 96 valence electrons. The van der Waals surface area contributed by atoms with E-state index in [2.05, 4.69) is 15.9 Å². The zero-order chi connectivity index (χ0) is 13.3. The Bertz CT molecular complexity index is 509. The van der Waals surface area contributed by atoms with Gasteiger partial charge < -0.3 is 5.73 Å². The predicted molar refractivity (Wildman–Crippen MR) is 69.9 cm³/mol. The number of hydrogen-bond donors (Lipinski definition) is 1. The summed E-state index contributed by atoms with van der Waals surface area (Å²) >= 11 is 3.02. The number of hydrogen-bond acceptors (Lipinski definition) is 3. The van der Waals surface area contributed by atoms with Gasteiger partial charge in [-0.25, -0.2) is 12.8 Å². The lowest BCUT2D eigenvalue weighted by Crippen LogP contribution is -2.40. The topological polar surface area (TPSA) is 60.2 Å². The van der Waals surface area contributed by atoms with Crippen LogP contribution in [-0.4, -0.2) is 19.7 Å². The van der Waals surface area contributed by atoms with Gasteiger partial charge in [0.25, 0.3) is 0 Å². The summed E-state index contributed by atoms with van der Waals surface area (Å²) in [6.45, 7) is 3.32. The maximum absolute atomic E-state index is 13.0. The number of halogens is 2. The quantitative estimate of drug-likeness (QED) is 0.924. The molecule has 0 aromatic heterocycles. The van der Waals surface area contributed by atoms with Crippen LogP contribution in [0.2, 0.25) is 0 Å². The predicted octanol–water partition coefficient (Wildman–Crippen LogP) is 2.24. The first kappa shape index (κ1) is 14.6. The Balaban J connectivity index is 2.87. The number of rotatable bonds is 4. The van der Waals surface area contributed by atoms with Gasteiger partial charge in [0, 0.05) is 5.54 Å². The van der Waals surface area contributed by atoms with E-state index in [1.807, 2.05) is 0 Å². The zero-order valence-electron chi connectivity index (χ0n) is 9.70. The molecule has 1 aromatic carbocycles. The third-order valence-electron chi connectivity index (χ3n) is 1.96. The van der Waals surface area contributed by atoms with Crippen molar-refractivity contribution in [2.24, 2.45) is 5.73 Å². The molecule has 0 saturated heterocycles. The van der Waals surface area contributed by atoms with Crippen LogP contribution in [0.3, 0.4) is 0 Å². The van der Waals surface area contributed by atoms with Gasteiger partial charge in [0.15, 0.2) is 9.84 Å². The lowest BCUT2D eigenvalue weighted by Gasteiger charge is -2.18. The molecule has 6 heteroatoms. The van der Waals surface area contributed by atoms with E-state index < -0.39 is 21.2 Å². The maximum atomic E-state index is 13.0. The number of benzene rings is 1. The summed E-state index contributed by atoms with van der Waals surface area (Å²) in [6.07, 6.45) is 0. The molecule has 1 rings (SSSR count). The van der Waals surface area contributed by atoms with Crippen LogP contribution in [0.4, 0.5) is 4.39 Å².